The smallest absolute Gasteiger partial charge is 0.335 e. The van der Waals surface area contributed by atoms with Crippen molar-refractivity contribution in [3.63, 3.8) is 0 Å². The van der Waals surface area contributed by atoms with Crippen LogP contribution in [0.5, 0.6) is 0 Å². The molecule has 0 spiro atoms. The van der Waals surface area contributed by atoms with E-state index in [4.69, 9.17) is 5.11 Å². The average molecular weight is 309 g/mol. The molecule has 0 fully saturated rings. The number of aromatic carboxylic acids is 1. The van der Waals surface area contributed by atoms with E-state index < -0.39 is 16.0 Å². The standard InChI is InChI=1S/C13H15N3O4S/c1-15-8-10(7-14-15)9-16(2)21(19,20)12-5-3-4-11(6-12)13(17)18/h3-8H,9H2,1-2H3,(H,17,18). The first-order valence-corrected chi connectivity index (χ1v) is 7.52. The van der Waals surface area contributed by atoms with E-state index in [-0.39, 0.29) is 17.0 Å². The van der Waals surface area contributed by atoms with Gasteiger partial charge in [0.2, 0.25) is 10.0 Å². The fourth-order valence-corrected chi connectivity index (χ4v) is 3.07. The quantitative estimate of drug-likeness (QED) is 0.887. The van der Waals surface area contributed by atoms with Crippen LogP contribution in [0.25, 0.3) is 0 Å². The fourth-order valence-electron chi connectivity index (χ4n) is 1.87. The molecular formula is C13H15N3O4S. The van der Waals surface area contributed by atoms with Crippen LogP contribution in [-0.2, 0) is 23.6 Å². The summed E-state index contributed by atoms with van der Waals surface area (Å²) in [6.07, 6.45) is 3.30. The first-order chi connectivity index (χ1) is 9.80. The van der Waals surface area contributed by atoms with Crippen molar-refractivity contribution in [2.24, 2.45) is 7.05 Å². The van der Waals surface area contributed by atoms with E-state index in [1.54, 1.807) is 24.1 Å². The molecule has 0 aliphatic heterocycles. The highest BCUT2D eigenvalue weighted by Crippen LogP contribution is 2.18. The van der Waals surface area contributed by atoms with Crippen LogP contribution in [0.15, 0.2) is 41.6 Å². The molecule has 0 saturated heterocycles. The molecule has 7 nitrogen and oxygen atoms in total. The lowest BCUT2D eigenvalue weighted by Gasteiger charge is -2.16. The summed E-state index contributed by atoms with van der Waals surface area (Å²) < 4.78 is 27.6. The number of aryl methyl sites for hydroxylation is 1. The predicted octanol–water partition coefficient (Wildman–Crippen LogP) is 0.939. The van der Waals surface area contributed by atoms with Gasteiger partial charge in [-0.15, -0.1) is 0 Å². The Morgan fingerprint density at radius 3 is 2.71 bits per heavy atom. The van der Waals surface area contributed by atoms with E-state index in [9.17, 15) is 13.2 Å². The third-order valence-corrected chi connectivity index (χ3v) is 4.75. The largest absolute Gasteiger partial charge is 0.478 e. The molecule has 0 aliphatic rings. The molecule has 0 bridgehead atoms. The number of hydrogen-bond donors (Lipinski definition) is 1. The molecule has 1 aromatic heterocycles. The van der Waals surface area contributed by atoms with Crippen molar-refractivity contribution < 1.29 is 18.3 Å². The molecule has 8 heteroatoms. The molecule has 0 atom stereocenters. The van der Waals surface area contributed by atoms with Crippen molar-refractivity contribution in [1.82, 2.24) is 14.1 Å². The summed E-state index contributed by atoms with van der Waals surface area (Å²) >= 11 is 0. The zero-order valence-corrected chi connectivity index (χ0v) is 12.4. The van der Waals surface area contributed by atoms with Crippen molar-refractivity contribution in [2.75, 3.05) is 7.05 Å². The van der Waals surface area contributed by atoms with Gasteiger partial charge in [0.15, 0.2) is 0 Å². The zero-order valence-electron chi connectivity index (χ0n) is 11.6. The van der Waals surface area contributed by atoms with Crippen LogP contribution in [0.2, 0.25) is 0 Å². The first-order valence-electron chi connectivity index (χ1n) is 6.08. The Hall–Kier alpha value is -2.19. The van der Waals surface area contributed by atoms with Gasteiger partial charge in [-0.3, -0.25) is 4.68 Å². The molecule has 21 heavy (non-hydrogen) atoms. The van der Waals surface area contributed by atoms with Crippen molar-refractivity contribution in [3.05, 3.63) is 47.8 Å². The molecule has 1 heterocycles. The fraction of sp³-hybridized carbons (Fsp3) is 0.231. The highest BCUT2D eigenvalue weighted by Gasteiger charge is 2.22. The van der Waals surface area contributed by atoms with Crippen LogP contribution in [0.1, 0.15) is 15.9 Å². The average Bonchev–Trinajstić information content (AvgIpc) is 2.84. The van der Waals surface area contributed by atoms with Crippen LogP contribution in [0.4, 0.5) is 0 Å². The molecule has 0 amide bonds. The third kappa shape index (κ3) is 3.29. The number of carbonyl (C=O) groups is 1. The molecule has 2 aromatic rings. The highest BCUT2D eigenvalue weighted by molar-refractivity contribution is 7.89. The monoisotopic (exact) mass is 309 g/mol. The van der Waals surface area contributed by atoms with E-state index in [0.717, 1.165) is 15.9 Å². The molecule has 1 aromatic carbocycles. The zero-order chi connectivity index (χ0) is 15.6. The second-order valence-corrected chi connectivity index (χ2v) is 6.66. The molecule has 2 rings (SSSR count). The number of sulfonamides is 1. The van der Waals surface area contributed by atoms with Gasteiger partial charge in [0.1, 0.15) is 0 Å². The Kier molecular flexibility index (Phi) is 4.10. The predicted molar refractivity (Wildman–Crippen MR) is 75.3 cm³/mol. The minimum absolute atomic E-state index is 0.0474. The van der Waals surface area contributed by atoms with Crippen LogP contribution >= 0.6 is 0 Å². The summed E-state index contributed by atoms with van der Waals surface area (Å²) in [4.78, 5) is 10.9. The van der Waals surface area contributed by atoms with Crippen LogP contribution in [0, 0.1) is 0 Å². The number of aromatic nitrogens is 2. The normalized spacial score (nSPS) is 11.8. The van der Waals surface area contributed by atoms with E-state index in [0.29, 0.717) is 0 Å². The summed E-state index contributed by atoms with van der Waals surface area (Å²) in [5, 5.41) is 12.9. The maximum absolute atomic E-state index is 12.4. The van der Waals surface area contributed by atoms with Gasteiger partial charge >= 0.3 is 5.97 Å². The second kappa shape index (κ2) is 5.66. The second-order valence-electron chi connectivity index (χ2n) is 4.62. The molecule has 0 saturated carbocycles. The van der Waals surface area contributed by atoms with Gasteiger partial charge in [0.25, 0.3) is 0 Å². The Labute approximate surface area is 122 Å². The Morgan fingerprint density at radius 1 is 1.43 bits per heavy atom. The van der Waals surface area contributed by atoms with Gasteiger partial charge in [-0.05, 0) is 18.2 Å². The van der Waals surface area contributed by atoms with Gasteiger partial charge in [0.05, 0.1) is 16.7 Å². The number of nitrogens with zero attached hydrogens (tertiary/aromatic N) is 3. The van der Waals surface area contributed by atoms with E-state index in [1.165, 1.54) is 25.2 Å². The molecule has 0 radical (unpaired) electrons. The number of benzene rings is 1. The summed E-state index contributed by atoms with van der Waals surface area (Å²) in [5.74, 6) is -1.16. The lowest BCUT2D eigenvalue weighted by atomic mass is 10.2. The number of carboxylic acids is 1. The van der Waals surface area contributed by atoms with Gasteiger partial charge in [-0.25, -0.2) is 13.2 Å². The Balaban J connectivity index is 2.28. The molecule has 1 N–H and O–H groups in total. The van der Waals surface area contributed by atoms with Crippen molar-refractivity contribution in [2.45, 2.75) is 11.4 Å². The van der Waals surface area contributed by atoms with Crippen LogP contribution in [0.3, 0.4) is 0 Å². The maximum Gasteiger partial charge on any atom is 0.335 e. The van der Waals surface area contributed by atoms with Crippen molar-refractivity contribution in [3.8, 4) is 0 Å². The minimum atomic E-state index is -3.75. The van der Waals surface area contributed by atoms with Gasteiger partial charge in [0, 0.05) is 32.4 Å². The molecule has 112 valence electrons. The van der Waals surface area contributed by atoms with Gasteiger partial charge in [-0.2, -0.15) is 9.40 Å². The lowest BCUT2D eigenvalue weighted by molar-refractivity contribution is 0.0696. The number of carboxylic acid groups (broad SMARTS) is 1. The number of hydrogen-bond acceptors (Lipinski definition) is 4. The summed E-state index contributed by atoms with van der Waals surface area (Å²) in [5.41, 5.74) is 0.684. The van der Waals surface area contributed by atoms with Crippen LogP contribution in [-0.4, -0.2) is 40.6 Å². The summed E-state index contributed by atoms with van der Waals surface area (Å²) in [6, 6.07) is 5.29. The first kappa shape index (κ1) is 15.2. The highest BCUT2D eigenvalue weighted by atomic mass is 32.2. The molecule has 0 unspecified atom stereocenters. The lowest BCUT2D eigenvalue weighted by Crippen LogP contribution is -2.26. The van der Waals surface area contributed by atoms with E-state index >= 15 is 0 Å². The van der Waals surface area contributed by atoms with E-state index in [1.807, 2.05) is 0 Å². The molecule has 0 aliphatic carbocycles. The van der Waals surface area contributed by atoms with Crippen molar-refractivity contribution >= 4 is 16.0 Å². The summed E-state index contributed by atoms with van der Waals surface area (Å²) in [7, 11) is -0.566. The number of rotatable bonds is 5. The Morgan fingerprint density at radius 2 is 2.14 bits per heavy atom. The topological polar surface area (TPSA) is 92.5 Å². The SMILES string of the molecule is CN(Cc1cnn(C)c1)S(=O)(=O)c1cccc(C(=O)O)c1. The van der Waals surface area contributed by atoms with Gasteiger partial charge < -0.3 is 5.11 Å². The van der Waals surface area contributed by atoms with E-state index in [2.05, 4.69) is 5.10 Å². The maximum atomic E-state index is 12.4. The third-order valence-electron chi connectivity index (χ3n) is 2.95. The minimum Gasteiger partial charge on any atom is -0.478 e. The van der Waals surface area contributed by atoms with Crippen molar-refractivity contribution in [1.29, 1.82) is 0 Å². The molecular weight excluding hydrogens is 294 g/mol. The summed E-state index contributed by atoms with van der Waals surface area (Å²) in [6.45, 7) is 0.160. The Bertz CT molecular complexity index is 767. The van der Waals surface area contributed by atoms with Gasteiger partial charge in [-0.1, -0.05) is 6.07 Å². The van der Waals surface area contributed by atoms with Crippen LogP contribution < -0.4 is 0 Å².